The zero-order valence-electron chi connectivity index (χ0n) is 13.6. The highest BCUT2D eigenvalue weighted by Gasteiger charge is 2.09. The van der Waals surface area contributed by atoms with Crippen LogP contribution in [-0.2, 0) is 4.79 Å². The van der Waals surface area contributed by atoms with Gasteiger partial charge in [-0.25, -0.2) is 0 Å². The van der Waals surface area contributed by atoms with E-state index in [4.69, 9.17) is 5.11 Å². The predicted octanol–water partition coefficient (Wildman–Crippen LogP) is 5.96. The maximum atomic E-state index is 10.6. The Kier molecular flexibility index (Phi) is 14.0. The lowest BCUT2D eigenvalue weighted by Crippen LogP contribution is -2.08. The third kappa shape index (κ3) is 13.6. The third-order valence-corrected chi connectivity index (χ3v) is 3.82. The Hall–Kier alpha value is -0.790. The summed E-state index contributed by atoms with van der Waals surface area (Å²) in [4.78, 5) is 10.6. The van der Waals surface area contributed by atoms with Gasteiger partial charge in [0.25, 0.3) is 0 Å². The summed E-state index contributed by atoms with van der Waals surface area (Å²) in [6.07, 6.45) is 19.4. The first-order valence-electron chi connectivity index (χ1n) is 8.56. The number of carboxylic acids is 1. The van der Waals surface area contributed by atoms with Gasteiger partial charge in [0.05, 0.1) is 5.92 Å². The molecule has 0 aromatic rings. The molecule has 118 valence electrons. The molecule has 0 saturated carbocycles. The van der Waals surface area contributed by atoms with Gasteiger partial charge < -0.3 is 5.11 Å². The monoisotopic (exact) mass is 282 g/mol. The molecule has 2 heteroatoms. The second kappa shape index (κ2) is 14.6. The van der Waals surface area contributed by atoms with E-state index in [9.17, 15) is 4.79 Å². The first kappa shape index (κ1) is 19.2. The third-order valence-electron chi connectivity index (χ3n) is 3.82. The second-order valence-electron chi connectivity index (χ2n) is 5.91. The van der Waals surface area contributed by atoms with Crippen LogP contribution in [0.25, 0.3) is 0 Å². The number of aliphatic carboxylic acids is 1. The molecule has 0 radical (unpaired) electrons. The molecule has 0 aliphatic rings. The summed E-state index contributed by atoms with van der Waals surface area (Å²) in [6, 6.07) is 0. The summed E-state index contributed by atoms with van der Waals surface area (Å²) < 4.78 is 0. The summed E-state index contributed by atoms with van der Waals surface area (Å²) in [5, 5.41) is 8.77. The smallest absolute Gasteiger partial charge is 0.306 e. The van der Waals surface area contributed by atoms with Crippen molar-refractivity contribution in [2.24, 2.45) is 5.92 Å². The number of hydrogen-bond donors (Lipinski definition) is 1. The number of carbonyl (C=O) groups is 1. The van der Waals surface area contributed by atoms with Crippen LogP contribution >= 0.6 is 0 Å². The lowest BCUT2D eigenvalue weighted by atomic mass is 10.0. The van der Waals surface area contributed by atoms with Gasteiger partial charge in [0.2, 0.25) is 0 Å². The normalized spacial score (nSPS) is 12.9. The molecule has 1 atom stereocenters. The zero-order valence-corrected chi connectivity index (χ0v) is 13.6. The van der Waals surface area contributed by atoms with Gasteiger partial charge in [-0.05, 0) is 32.1 Å². The van der Waals surface area contributed by atoms with Crippen molar-refractivity contribution >= 4 is 5.97 Å². The van der Waals surface area contributed by atoms with Crippen molar-refractivity contribution in [2.45, 2.75) is 90.9 Å². The van der Waals surface area contributed by atoms with Gasteiger partial charge in [-0.1, -0.05) is 70.9 Å². The minimum atomic E-state index is -0.658. The molecular weight excluding hydrogens is 248 g/mol. The zero-order chi connectivity index (χ0) is 15.1. The van der Waals surface area contributed by atoms with E-state index >= 15 is 0 Å². The van der Waals surface area contributed by atoms with Crippen LogP contribution in [0.15, 0.2) is 12.2 Å². The summed E-state index contributed by atoms with van der Waals surface area (Å²) in [5.41, 5.74) is 0. The fourth-order valence-corrected chi connectivity index (χ4v) is 2.29. The lowest BCUT2D eigenvalue weighted by Gasteiger charge is -2.05. The van der Waals surface area contributed by atoms with E-state index in [0.29, 0.717) is 0 Å². The molecule has 1 N–H and O–H groups in total. The maximum Gasteiger partial charge on any atom is 0.306 e. The number of hydrogen-bond acceptors (Lipinski definition) is 1. The molecule has 0 fully saturated rings. The van der Waals surface area contributed by atoms with Crippen molar-refractivity contribution in [1.29, 1.82) is 0 Å². The Balaban J connectivity index is 3.16. The number of carboxylic acid groups (broad SMARTS) is 1. The molecule has 0 saturated heterocycles. The number of unbranched alkanes of at least 4 members (excludes halogenated alkanes) is 9. The van der Waals surface area contributed by atoms with Crippen LogP contribution in [0.3, 0.4) is 0 Å². The average molecular weight is 282 g/mol. The largest absolute Gasteiger partial charge is 0.481 e. The molecule has 0 heterocycles. The van der Waals surface area contributed by atoms with Gasteiger partial charge in [-0.3, -0.25) is 4.79 Å². The number of allylic oxidation sites excluding steroid dienone is 2. The molecule has 0 bridgehead atoms. The lowest BCUT2D eigenvalue weighted by molar-refractivity contribution is -0.141. The molecule has 0 amide bonds. The Morgan fingerprint density at radius 2 is 1.40 bits per heavy atom. The SMILES string of the molecule is CCCCCC/C=C/CCCCCCCC(C)C(=O)O. The van der Waals surface area contributed by atoms with Gasteiger partial charge in [-0.2, -0.15) is 0 Å². The topological polar surface area (TPSA) is 37.3 Å². The Morgan fingerprint density at radius 3 is 1.95 bits per heavy atom. The summed E-state index contributed by atoms with van der Waals surface area (Å²) in [7, 11) is 0. The van der Waals surface area contributed by atoms with E-state index in [1.54, 1.807) is 6.92 Å². The second-order valence-corrected chi connectivity index (χ2v) is 5.91. The van der Waals surface area contributed by atoms with Crippen molar-refractivity contribution in [2.75, 3.05) is 0 Å². The molecule has 1 unspecified atom stereocenters. The Labute approximate surface area is 125 Å². The highest BCUT2D eigenvalue weighted by Crippen LogP contribution is 2.12. The minimum Gasteiger partial charge on any atom is -0.481 e. The average Bonchev–Trinajstić information content (AvgIpc) is 2.43. The van der Waals surface area contributed by atoms with E-state index in [1.807, 2.05) is 0 Å². The van der Waals surface area contributed by atoms with Crippen LogP contribution in [0.4, 0.5) is 0 Å². The Morgan fingerprint density at radius 1 is 0.900 bits per heavy atom. The van der Waals surface area contributed by atoms with Crippen molar-refractivity contribution in [1.82, 2.24) is 0 Å². The van der Waals surface area contributed by atoms with Crippen LogP contribution in [0.2, 0.25) is 0 Å². The van der Waals surface area contributed by atoms with E-state index in [2.05, 4.69) is 19.1 Å². The molecule has 0 aromatic carbocycles. The summed E-state index contributed by atoms with van der Waals surface area (Å²) in [6.45, 7) is 4.05. The molecule has 0 spiro atoms. The first-order valence-corrected chi connectivity index (χ1v) is 8.56. The minimum absolute atomic E-state index is 0.175. The maximum absolute atomic E-state index is 10.6. The quantitative estimate of drug-likeness (QED) is 0.315. The molecular formula is C18H34O2. The number of rotatable bonds is 14. The van der Waals surface area contributed by atoms with Gasteiger partial charge >= 0.3 is 5.97 Å². The van der Waals surface area contributed by atoms with E-state index < -0.39 is 5.97 Å². The van der Waals surface area contributed by atoms with Crippen LogP contribution in [0.1, 0.15) is 90.9 Å². The van der Waals surface area contributed by atoms with Crippen molar-refractivity contribution in [3.8, 4) is 0 Å². The van der Waals surface area contributed by atoms with Crippen molar-refractivity contribution < 1.29 is 9.90 Å². The van der Waals surface area contributed by atoms with Crippen LogP contribution < -0.4 is 0 Å². The van der Waals surface area contributed by atoms with Crippen molar-refractivity contribution in [3.63, 3.8) is 0 Å². The fraction of sp³-hybridized carbons (Fsp3) is 0.833. The first-order chi connectivity index (χ1) is 9.68. The summed E-state index contributed by atoms with van der Waals surface area (Å²) in [5.74, 6) is -0.834. The highest BCUT2D eigenvalue weighted by atomic mass is 16.4. The predicted molar refractivity (Wildman–Crippen MR) is 87.0 cm³/mol. The fourth-order valence-electron chi connectivity index (χ4n) is 2.29. The van der Waals surface area contributed by atoms with Crippen LogP contribution in [0.5, 0.6) is 0 Å². The van der Waals surface area contributed by atoms with E-state index in [0.717, 1.165) is 12.8 Å². The van der Waals surface area contributed by atoms with E-state index in [1.165, 1.54) is 64.2 Å². The van der Waals surface area contributed by atoms with Gasteiger partial charge in [0, 0.05) is 0 Å². The molecule has 20 heavy (non-hydrogen) atoms. The molecule has 0 aliphatic carbocycles. The molecule has 0 rings (SSSR count). The molecule has 0 aliphatic heterocycles. The molecule has 2 nitrogen and oxygen atoms in total. The highest BCUT2D eigenvalue weighted by molar-refractivity contribution is 5.69. The molecule has 0 aromatic heterocycles. The van der Waals surface area contributed by atoms with E-state index in [-0.39, 0.29) is 5.92 Å². The van der Waals surface area contributed by atoms with Gasteiger partial charge in [0.15, 0.2) is 0 Å². The van der Waals surface area contributed by atoms with Gasteiger partial charge in [-0.15, -0.1) is 0 Å². The van der Waals surface area contributed by atoms with Gasteiger partial charge in [0.1, 0.15) is 0 Å². The van der Waals surface area contributed by atoms with Crippen molar-refractivity contribution in [3.05, 3.63) is 12.2 Å². The van der Waals surface area contributed by atoms with Crippen LogP contribution in [-0.4, -0.2) is 11.1 Å². The Bertz CT molecular complexity index is 246. The summed E-state index contributed by atoms with van der Waals surface area (Å²) >= 11 is 0. The standard InChI is InChI=1S/C18H34O2/c1-3-4-5-6-7-8-9-10-11-12-13-14-15-16-17(2)18(19)20/h8-9,17H,3-7,10-16H2,1-2H3,(H,19,20)/b9-8+. The van der Waals surface area contributed by atoms with Crippen LogP contribution in [0, 0.1) is 5.92 Å².